The van der Waals surface area contributed by atoms with Crippen molar-refractivity contribution in [1.82, 2.24) is 25.9 Å². The summed E-state index contributed by atoms with van der Waals surface area (Å²) >= 11 is 0. The van der Waals surface area contributed by atoms with Crippen molar-refractivity contribution in [3.63, 3.8) is 0 Å². The Labute approximate surface area is 212 Å². The van der Waals surface area contributed by atoms with Crippen LogP contribution in [0.15, 0.2) is 12.5 Å². The average Bonchev–Trinajstić information content (AvgIpc) is 3.32. The van der Waals surface area contributed by atoms with E-state index in [9.17, 15) is 33.9 Å². The number of imidazole rings is 1. The quantitative estimate of drug-likeness (QED) is 0.0839. The van der Waals surface area contributed by atoms with Gasteiger partial charge in [-0.25, -0.2) is 9.78 Å². The van der Waals surface area contributed by atoms with Crippen LogP contribution < -0.4 is 38.9 Å². The lowest BCUT2D eigenvalue weighted by Gasteiger charge is -2.24. The zero-order chi connectivity index (χ0) is 28.0. The lowest BCUT2D eigenvalue weighted by atomic mass is 10.1. The lowest BCUT2D eigenvalue weighted by Crippen LogP contribution is -2.58. The number of aromatic nitrogens is 2. The molecule has 4 unspecified atom stereocenters. The standard InChI is InChI=1S/C21H35N9O7/c22-6-2-1-3-14(21(36)37)29-20(35)15(8-17(25)32)30-19(34)13(4-5-16(24)31)28-18(33)12(23)7-11-9-26-10-27-11/h9-10,12-15H,1-8,22-23H2,(H2,24,31)(H2,25,32)(H,26,27)(H,28,33)(H,29,35)(H,30,34)(H,36,37). The Morgan fingerprint density at radius 3 is 2.05 bits per heavy atom. The molecule has 0 spiro atoms. The molecule has 37 heavy (non-hydrogen) atoms. The van der Waals surface area contributed by atoms with E-state index in [0.717, 1.165) is 0 Å². The number of nitrogens with zero attached hydrogens (tertiary/aromatic N) is 1. The lowest BCUT2D eigenvalue weighted by molar-refractivity contribution is -0.142. The second-order valence-corrected chi connectivity index (χ2v) is 8.37. The first kappa shape index (κ1) is 31.0. The summed E-state index contributed by atoms with van der Waals surface area (Å²) in [4.78, 5) is 79.2. The third-order valence-corrected chi connectivity index (χ3v) is 5.24. The number of aliphatic carboxylic acids is 1. The fourth-order valence-corrected chi connectivity index (χ4v) is 3.27. The van der Waals surface area contributed by atoms with Crippen molar-refractivity contribution in [3.05, 3.63) is 18.2 Å². The van der Waals surface area contributed by atoms with Gasteiger partial charge in [0.1, 0.15) is 18.1 Å². The van der Waals surface area contributed by atoms with Gasteiger partial charge < -0.3 is 49.0 Å². The number of nitrogens with two attached hydrogens (primary N) is 4. The van der Waals surface area contributed by atoms with E-state index in [1.54, 1.807) is 0 Å². The number of primary amides is 2. The summed E-state index contributed by atoms with van der Waals surface area (Å²) in [6.45, 7) is 0.338. The van der Waals surface area contributed by atoms with E-state index in [2.05, 4.69) is 25.9 Å². The van der Waals surface area contributed by atoms with E-state index in [4.69, 9.17) is 22.9 Å². The van der Waals surface area contributed by atoms with Crippen LogP contribution in [0.1, 0.15) is 44.2 Å². The average molecular weight is 526 g/mol. The van der Waals surface area contributed by atoms with E-state index in [1.807, 2.05) is 0 Å². The van der Waals surface area contributed by atoms with Crippen LogP contribution in [0.3, 0.4) is 0 Å². The van der Waals surface area contributed by atoms with Crippen LogP contribution in [0.4, 0.5) is 0 Å². The van der Waals surface area contributed by atoms with E-state index in [1.165, 1.54) is 12.5 Å². The van der Waals surface area contributed by atoms with Gasteiger partial charge in [0.25, 0.3) is 0 Å². The van der Waals surface area contributed by atoms with Gasteiger partial charge in [-0.2, -0.15) is 0 Å². The summed E-state index contributed by atoms with van der Waals surface area (Å²) in [6.07, 6.45) is 2.80. The Bertz CT molecular complexity index is 939. The third-order valence-electron chi connectivity index (χ3n) is 5.24. The number of nitrogens with one attached hydrogen (secondary N) is 4. The van der Waals surface area contributed by atoms with Crippen molar-refractivity contribution < 1.29 is 33.9 Å². The molecule has 1 heterocycles. The summed E-state index contributed by atoms with van der Waals surface area (Å²) in [5.41, 5.74) is 22.2. The molecule has 0 saturated carbocycles. The van der Waals surface area contributed by atoms with Crippen LogP contribution in [0.25, 0.3) is 0 Å². The number of amides is 5. The molecule has 0 aromatic carbocycles. The topological polar surface area (TPSA) is 292 Å². The van der Waals surface area contributed by atoms with Crippen molar-refractivity contribution >= 4 is 35.5 Å². The van der Waals surface area contributed by atoms with Crippen LogP contribution in [-0.2, 0) is 35.2 Å². The van der Waals surface area contributed by atoms with E-state index < -0.39 is 66.1 Å². The van der Waals surface area contributed by atoms with Crippen molar-refractivity contribution in [3.8, 4) is 0 Å². The number of H-pyrrole nitrogens is 1. The molecule has 0 radical (unpaired) electrons. The van der Waals surface area contributed by atoms with E-state index in [-0.39, 0.29) is 25.7 Å². The van der Waals surface area contributed by atoms with Gasteiger partial charge in [0.15, 0.2) is 0 Å². The van der Waals surface area contributed by atoms with Crippen LogP contribution in [-0.4, -0.2) is 81.3 Å². The summed E-state index contributed by atoms with van der Waals surface area (Å²) in [6, 6.07) is -5.28. The number of rotatable bonds is 18. The third kappa shape index (κ3) is 12.0. The molecular weight excluding hydrogens is 490 g/mol. The molecule has 16 heteroatoms. The van der Waals surface area contributed by atoms with Gasteiger partial charge in [-0.1, -0.05) is 0 Å². The van der Waals surface area contributed by atoms with Crippen LogP contribution in [0.5, 0.6) is 0 Å². The minimum Gasteiger partial charge on any atom is -0.480 e. The number of hydrogen-bond donors (Lipinski definition) is 9. The van der Waals surface area contributed by atoms with Crippen LogP contribution in [0, 0.1) is 0 Å². The van der Waals surface area contributed by atoms with Gasteiger partial charge in [-0.05, 0) is 32.2 Å². The largest absolute Gasteiger partial charge is 0.480 e. The van der Waals surface area contributed by atoms with Gasteiger partial charge >= 0.3 is 5.97 Å². The first-order valence-corrected chi connectivity index (χ1v) is 11.6. The maximum Gasteiger partial charge on any atom is 0.326 e. The molecule has 0 bridgehead atoms. The Balaban J connectivity index is 2.96. The van der Waals surface area contributed by atoms with E-state index >= 15 is 0 Å². The van der Waals surface area contributed by atoms with Gasteiger partial charge in [0.05, 0.1) is 18.8 Å². The maximum absolute atomic E-state index is 13.0. The zero-order valence-electron chi connectivity index (χ0n) is 20.3. The number of carboxylic acid groups (broad SMARTS) is 1. The minimum atomic E-state index is -1.55. The number of carbonyl (C=O) groups is 6. The molecule has 0 aliphatic heterocycles. The van der Waals surface area contributed by atoms with Crippen LogP contribution >= 0.6 is 0 Å². The molecule has 16 nitrogen and oxygen atoms in total. The molecular formula is C21H35N9O7. The number of carboxylic acids is 1. The van der Waals surface area contributed by atoms with Gasteiger partial charge in [-0.15, -0.1) is 0 Å². The molecule has 0 aliphatic carbocycles. The van der Waals surface area contributed by atoms with Crippen LogP contribution in [0.2, 0.25) is 0 Å². The highest BCUT2D eigenvalue weighted by Gasteiger charge is 2.31. The monoisotopic (exact) mass is 525 g/mol. The number of carbonyl (C=O) groups excluding carboxylic acids is 5. The first-order valence-electron chi connectivity index (χ1n) is 11.6. The predicted octanol–water partition coefficient (Wildman–Crippen LogP) is -3.91. The highest BCUT2D eigenvalue weighted by Crippen LogP contribution is 2.05. The van der Waals surface area contributed by atoms with Crippen molar-refractivity contribution in [2.45, 2.75) is 69.1 Å². The smallest absolute Gasteiger partial charge is 0.326 e. The SMILES string of the molecule is NCCCCC(NC(=O)C(CC(N)=O)NC(=O)C(CCC(N)=O)NC(=O)C(N)Cc1cnc[nH]1)C(=O)O. The Hall–Kier alpha value is -4.05. The van der Waals surface area contributed by atoms with Gasteiger partial charge in [0, 0.05) is 24.7 Å². The van der Waals surface area contributed by atoms with Gasteiger partial charge in [-0.3, -0.25) is 24.0 Å². The van der Waals surface area contributed by atoms with Crippen molar-refractivity contribution in [2.24, 2.45) is 22.9 Å². The number of hydrogen-bond acceptors (Lipinski definition) is 9. The Morgan fingerprint density at radius 1 is 0.892 bits per heavy atom. The zero-order valence-corrected chi connectivity index (χ0v) is 20.3. The minimum absolute atomic E-state index is 0.0705. The summed E-state index contributed by atoms with van der Waals surface area (Å²) in [5.74, 6) is -5.65. The summed E-state index contributed by atoms with van der Waals surface area (Å²) < 4.78 is 0. The molecule has 0 aliphatic rings. The second-order valence-electron chi connectivity index (χ2n) is 8.37. The molecule has 1 aromatic heterocycles. The normalized spacial score (nSPS) is 14.0. The highest BCUT2D eigenvalue weighted by atomic mass is 16.4. The van der Waals surface area contributed by atoms with Crippen molar-refractivity contribution in [2.75, 3.05) is 6.54 Å². The number of unbranched alkanes of at least 4 members (excludes halogenated alkanes) is 1. The van der Waals surface area contributed by atoms with Crippen molar-refractivity contribution in [1.29, 1.82) is 0 Å². The highest BCUT2D eigenvalue weighted by molar-refractivity contribution is 5.96. The predicted molar refractivity (Wildman–Crippen MR) is 129 cm³/mol. The molecule has 13 N–H and O–H groups in total. The fourth-order valence-electron chi connectivity index (χ4n) is 3.27. The molecule has 1 rings (SSSR count). The molecule has 1 aromatic rings. The molecule has 4 atom stereocenters. The second kappa shape index (κ2) is 15.8. The maximum atomic E-state index is 13.0. The first-order chi connectivity index (χ1) is 17.4. The summed E-state index contributed by atoms with van der Waals surface area (Å²) in [5, 5.41) is 16.3. The molecule has 5 amide bonds. The number of aromatic amines is 1. The molecule has 206 valence electrons. The van der Waals surface area contributed by atoms with E-state index in [0.29, 0.717) is 25.1 Å². The Morgan fingerprint density at radius 2 is 1.51 bits per heavy atom. The Kier molecular flexibility index (Phi) is 13.3. The van der Waals surface area contributed by atoms with Gasteiger partial charge in [0.2, 0.25) is 29.5 Å². The summed E-state index contributed by atoms with van der Waals surface area (Å²) in [7, 11) is 0. The molecule has 0 saturated heterocycles. The fraction of sp³-hybridized carbons (Fsp3) is 0.571. The molecule has 0 fully saturated rings.